The molecule has 18 heavy (non-hydrogen) atoms. The molecule has 0 aliphatic rings. The molecule has 0 saturated carbocycles. The minimum atomic E-state index is -0.843. The number of nitrogens with one attached hydrogen (secondary N) is 1. The normalized spacial score (nSPS) is 13.0. The summed E-state index contributed by atoms with van der Waals surface area (Å²) in [5, 5.41) is 12.7. The minimum Gasteiger partial charge on any atom is -0.480 e. The van der Waals surface area contributed by atoms with E-state index in [1.807, 2.05) is 13.8 Å². The number of carboxylic acids is 1. The number of carboxylic acid groups (broad SMARTS) is 1. The van der Waals surface area contributed by atoms with Gasteiger partial charge in [-0.15, -0.1) is 0 Å². The lowest BCUT2D eigenvalue weighted by molar-refractivity contribution is -0.138. The number of rotatable bonds is 7. The number of carbonyl (C=O) groups is 1. The van der Waals surface area contributed by atoms with E-state index in [0.29, 0.717) is 23.4 Å². The van der Waals surface area contributed by atoms with Crippen LogP contribution < -0.4 is 5.32 Å². The van der Waals surface area contributed by atoms with Gasteiger partial charge in [0, 0.05) is 18.0 Å². The molecule has 102 valence electrons. The van der Waals surface area contributed by atoms with Gasteiger partial charge in [0.25, 0.3) is 0 Å². The zero-order valence-corrected chi connectivity index (χ0v) is 12.1. The van der Waals surface area contributed by atoms with E-state index in [0.717, 1.165) is 12.2 Å². The van der Waals surface area contributed by atoms with E-state index in [1.54, 1.807) is 0 Å². The van der Waals surface area contributed by atoms with E-state index < -0.39 is 12.0 Å². The maximum atomic E-state index is 11.1. The van der Waals surface area contributed by atoms with Crippen LogP contribution >= 0.6 is 11.5 Å². The Balaban J connectivity index is 2.63. The predicted octanol–water partition coefficient (Wildman–Crippen LogP) is 2.65. The molecule has 0 spiro atoms. The Morgan fingerprint density at radius 1 is 1.33 bits per heavy atom. The van der Waals surface area contributed by atoms with Crippen LogP contribution in [0.1, 0.15) is 39.9 Å². The zero-order chi connectivity index (χ0) is 13.7. The van der Waals surface area contributed by atoms with Crippen LogP contribution in [0.3, 0.4) is 0 Å². The van der Waals surface area contributed by atoms with Crippen LogP contribution in [0.25, 0.3) is 0 Å². The van der Waals surface area contributed by atoms with Gasteiger partial charge < -0.3 is 10.4 Å². The van der Waals surface area contributed by atoms with E-state index in [2.05, 4.69) is 28.5 Å². The van der Waals surface area contributed by atoms with E-state index in [-0.39, 0.29) is 0 Å². The molecular formula is C12H21N3O2S. The van der Waals surface area contributed by atoms with Crippen LogP contribution in [0.2, 0.25) is 0 Å². The van der Waals surface area contributed by atoms with Crippen molar-refractivity contribution in [3.05, 3.63) is 5.82 Å². The molecule has 0 aromatic carbocycles. The summed E-state index contributed by atoms with van der Waals surface area (Å²) in [6.45, 7) is 8.21. The molecule has 0 bridgehead atoms. The van der Waals surface area contributed by atoms with Crippen molar-refractivity contribution in [3.8, 4) is 0 Å². The maximum absolute atomic E-state index is 11.1. The Hall–Kier alpha value is -1.17. The number of hydrogen-bond acceptors (Lipinski definition) is 5. The van der Waals surface area contributed by atoms with Crippen molar-refractivity contribution in [1.82, 2.24) is 9.36 Å². The smallest absolute Gasteiger partial charge is 0.326 e. The highest BCUT2D eigenvalue weighted by Gasteiger charge is 2.20. The molecule has 1 aromatic rings. The Bertz CT molecular complexity index is 390. The summed E-state index contributed by atoms with van der Waals surface area (Å²) in [4.78, 5) is 15.4. The Labute approximate surface area is 112 Å². The first-order chi connectivity index (χ1) is 8.38. The lowest BCUT2D eigenvalue weighted by atomic mass is 10.0. The number of aromatic nitrogens is 2. The van der Waals surface area contributed by atoms with Crippen LogP contribution in [0, 0.1) is 11.8 Å². The third-order valence-corrected chi connectivity index (χ3v) is 3.05. The summed E-state index contributed by atoms with van der Waals surface area (Å²) in [7, 11) is 0. The highest BCUT2D eigenvalue weighted by Crippen LogP contribution is 2.17. The van der Waals surface area contributed by atoms with Crippen molar-refractivity contribution in [2.45, 2.75) is 46.6 Å². The molecule has 0 amide bonds. The SMILES string of the molecule is CC(C)Cc1nsc(N[C@H](CC(C)C)C(=O)O)n1. The molecule has 0 unspecified atom stereocenters. The van der Waals surface area contributed by atoms with Gasteiger partial charge in [0.15, 0.2) is 0 Å². The zero-order valence-electron chi connectivity index (χ0n) is 11.3. The molecule has 2 N–H and O–H groups in total. The molecule has 0 aliphatic heterocycles. The van der Waals surface area contributed by atoms with Gasteiger partial charge in [-0.25, -0.2) is 9.78 Å². The molecule has 1 heterocycles. The van der Waals surface area contributed by atoms with Crippen LogP contribution in [0.15, 0.2) is 0 Å². The van der Waals surface area contributed by atoms with E-state index >= 15 is 0 Å². The fourth-order valence-corrected chi connectivity index (χ4v) is 2.25. The quantitative estimate of drug-likeness (QED) is 0.797. The van der Waals surface area contributed by atoms with Crippen LogP contribution in [-0.4, -0.2) is 26.5 Å². The number of nitrogens with zero attached hydrogens (tertiary/aromatic N) is 2. The molecule has 5 nitrogen and oxygen atoms in total. The van der Waals surface area contributed by atoms with Crippen molar-refractivity contribution in [2.75, 3.05) is 5.32 Å². The monoisotopic (exact) mass is 271 g/mol. The molecule has 6 heteroatoms. The third kappa shape index (κ3) is 5.00. The molecule has 0 saturated heterocycles. The van der Waals surface area contributed by atoms with Crippen LogP contribution in [0.4, 0.5) is 5.13 Å². The van der Waals surface area contributed by atoms with E-state index in [1.165, 1.54) is 11.5 Å². The van der Waals surface area contributed by atoms with Gasteiger partial charge in [-0.05, 0) is 18.3 Å². The largest absolute Gasteiger partial charge is 0.480 e. The molecular weight excluding hydrogens is 250 g/mol. The summed E-state index contributed by atoms with van der Waals surface area (Å²) in [5.74, 6) is 0.760. The molecule has 1 rings (SSSR count). The standard InChI is InChI=1S/C12H21N3O2S/c1-7(2)5-9(11(16)17)13-12-14-10(15-18-12)6-8(3)4/h7-9H,5-6H2,1-4H3,(H,16,17)(H,13,14,15)/t9-/m1/s1. The summed E-state index contributed by atoms with van der Waals surface area (Å²) >= 11 is 1.23. The van der Waals surface area contributed by atoms with Gasteiger partial charge in [0.05, 0.1) is 0 Å². The van der Waals surface area contributed by atoms with Crippen molar-refractivity contribution in [1.29, 1.82) is 0 Å². The number of hydrogen-bond donors (Lipinski definition) is 2. The first kappa shape index (κ1) is 14.9. The topological polar surface area (TPSA) is 75.1 Å². The molecule has 1 atom stereocenters. The first-order valence-electron chi connectivity index (χ1n) is 6.20. The average Bonchev–Trinajstić information content (AvgIpc) is 2.62. The van der Waals surface area contributed by atoms with Crippen LogP contribution in [0.5, 0.6) is 0 Å². The number of anilines is 1. The van der Waals surface area contributed by atoms with Gasteiger partial charge in [-0.1, -0.05) is 27.7 Å². The lowest BCUT2D eigenvalue weighted by Crippen LogP contribution is -2.30. The fourth-order valence-electron chi connectivity index (χ4n) is 1.60. The predicted molar refractivity (Wildman–Crippen MR) is 73.0 cm³/mol. The third-order valence-electron chi connectivity index (χ3n) is 2.36. The Morgan fingerprint density at radius 3 is 2.50 bits per heavy atom. The van der Waals surface area contributed by atoms with Crippen LogP contribution in [-0.2, 0) is 11.2 Å². The Kier molecular flexibility index (Phi) is 5.53. The average molecular weight is 271 g/mol. The van der Waals surface area contributed by atoms with Gasteiger partial charge in [0.1, 0.15) is 11.9 Å². The molecule has 0 aliphatic carbocycles. The summed E-state index contributed by atoms with van der Waals surface area (Å²) in [5.41, 5.74) is 0. The van der Waals surface area contributed by atoms with Crippen molar-refractivity contribution in [3.63, 3.8) is 0 Å². The second kappa shape index (κ2) is 6.68. The summed E-state index contributed by atoms with van der Waals surface area (Å²) in [6, 6.07) is -0.593. The second-order valence-corrected chi connectivity index (χ2v) is 6.03. The fraction of sp³-hybridized carbons (Fsp3) is 0.750. The highest BCUT2D eigenvalue weighted by molar-refractivity contribution is 7.09. The maximum Gasteiger partial charge on any atom is 0.326 e. The Morgan fingerprint density at radius 2 is 2.00 bits per heavy atom. The van der Waals surface area contributed by atoms with Gasteiger partial charge in [0.2, 0.25) is 5.13 Å². The molecule has 1 aromatic heterocycles. The van der Waals surface area contributed by atoms with Gasteiger partial charge in [-0.3, -0.25) is 0 Å². The lowest BCUT2D eigenvalue weighted by Gasteiger charge is -2.15. The van der Waals surface area contributed by atoms with Crippen molar-refractivity contribution < 1.29 is 9.90 Å². The van der Waals surface area contributed by atoms with Crippen molar-refractivity contribution >= 4 is 22.6 Å². The summed E-state index contributed by atoms with van der Waals surface area (Å²) in [6.07, 6.45) is 1.40. The minimum absolute atomic E-state index is 0.321. The molecule has 0 fully saturated rings. The number of aliphatic carboxylic acids is 1. The molecule has 0 radical (unpaired) electrons. The summed E-state index contributed by atoms with van der Waals surface area (Å²) < 4.78 is 4.22. The second-order valence-electron chi connectivity index (χ2n) is 5.28. The van der Waals surface area contributed by atoms with E-state index in [9.17, 15) is 4.79 Å². The van der Waals surface area contributed by atoms with Gasteiger partial charge in [-0.2, -0.15) is 4.37 Å². The first-order valence-corrected chi connectivity index (χ1v) is 6.97. The van der Waals surface area contributed by atoms with E-state index in [4.69, 9.17) is 5.11 Å². The van der Waals surface area contributed by atoms with Gasteiger partial charge >= 0.3 is 5.97 Å². The van der Waals surface area contributed by atoms with Crippen molar-refractivity contribution in [2.24, 2.45) is 11.8 Å². The highest BCUT2D eigenvalue weighted by atomic mass is 32.1.